The van der Waals surface area contributed by atoms with Crippen LogP contribution in [-0.2, 0) is 15.9 Å². The van der Waals surface area contributed by atoms with Crippen molar-refractivity contribution in [2.24, 2.45) is 0 Å². The van der Waals surface area contributed by atoms with Crippen LogP contribution in [0.15, 0.2) is 24.3 Å². The quantitative estimate of drug-likeness (QED) is 0.839. The first-order chi connectivity index (χ1) is 9.51. The number of nitrogens with one attached hydrogen (secondary N) is 1. The highest BCUT2D eigenvalue weighted by molar-refractivity contribution is 5.33. The van der Waals surface area contributed by atoms with E-state index in [1.165, 1.54) is 11.1 Å². The monoisotopic (exact) mass is 277 g/mol. The predicted octanol–water partition coefficient (Wildman–Crippen LogP) is 3.09. The number of rotatable bonds is 5. The Hall–Kier alpha value is -0.900. The van der Waals surface area contributed by atoms with Gasteiger partial charge in [0.25, 0.3) is 0 Å². The van der Waals surface area contributed by atoms with Crippen LogP contribution in [0.25, 0.3) is 0 Å². The fourth-order valence-corrected chi connectivity index (χ4v) is 2.80. The molecule has 0 heterocycles. The summed E-state index contributed by atoms with van der Waals surface area (Å²) in [4.78, 5) is 0. The Bertz CT molecular complexity index is 425. The fraction of sp³-hybridized carbons (Fsp3) is 0.647. The maximum Gasteiger partial charge on any atom is 0.0774 e. The molecule has 0 aliphatic heterocycles. The SMILES string of the molecule is CNC1c2ccccc2CCC1OCCOC(C)(C)C. The van der Waals surface area contributed by atoms with E-state index in [4.69, 9.17) is 9.47 Å². The van der Waals surface area contributed by atoms with E-state index >= 15 is 0 Å². The Labute approximate surface area is 122 Å². The number of aryl methyl sites for hydroxylation is 1. The van der Waals surface area contributed by atoms with E-state index in [9.17, 15) is 0 Å². The maximum atomic E-state index is 6.05. The first-order valence-electron chi connectivity index (χ1n) is 7.52. The molecule has 0 bridgehead atoms. The van der Waals surface area contributed by atoms with Gasteiger partial charge in [0.05, 0.1) is 31.0 Å². The molecule has 0 saturated heterocycles. The lowest BCUT2D eigenvalue weighted by atomic mass is 9.85. The van der Waals surface area contributed by atoms with Crippen molar-refractivity contribution in [3.63, 3.8) is 0 Å². The van der Waals surface area contributed by atoms with E-state index < -0.39 is 0 Å². The molecule has 0 spiro atoms. The number of hydrogen-bond donors (Lipinski definition) is 1. The second kappa shape index (κ2) is 6.70. The molecule has 3 nitrogen and oxygen atoms in total. The Balaban J connectivity index is 1.90. The first kappa shape index (κ1) is 15.5. The predicted molar refractivity (Wildman–Crippen MR) is 82.0 cm³/mol. The van der Waals surface area contributed by atoms with Gasteiger partial charge < -0.3 is 14.8 Å². The van der Waals surface area contributed by atoms with Crippen molar-refractivity contribution < 1.29 is 9.47 Å². The Morgan fingerprint density at radius 3 is 2.65 bits per heavy atom. The topological polar surface area (TPSA) is 30.5 Å². The zero-order chi connectivity index (χ0) is 14.6. The standard InChI is InChI=1S/C17H27NO2/c1-17(2,3)20-12-11-19-15-10-9-13-7-5-6-8-14(13)16(15)18-4/h5-8,15-16,18H,9-12H2,1-4H3. The van der Waals surface area contributed by atoms with Crippen molar-refractivity contribution in [2.75, 3.05) is 20.3 Å². The molecule has 2 unspecified atom stereocenters. The highest BCUT2D eigenvalue weighted by atomic mass is 16.5. The van der Waals surface area contributed by atoms with Crippen LogP contribution >= 0.6 is 0 Å². The number of ether oxygens (including phenoxy) is 2. The van der Waals surface area contributed by atoms with Crippen LogP contribution in [-0.4, -0.2) is 32.0 Å². The largest absolute Gasteiger partial charge is 0.374 e. The van der Waals surface area contributed by atoms with Gasteiger partial charge in [-0.2, -0.15) is 0 Å². The molecule has 1 aliphatic carbocycles. The lowest BCUT2D eigenvalue weighted by Gasteiger charge is -2.33. The van der Waals surface area contributed by atoms with Crippen molar-refractivity contribution in [1.29, 1.82) is 0 Å². The van der Waals surface area contributed by atoms with Crippen molar-refractivity contribution >= 4 is 0 Å². The Kier molecular flexibility index (Phi) is 5.19. The highest BCUT2D eigenvalue weighted by Gasteiger charge is 2.28. The molecule has 112 valence electrons. The molecule has 20 heavy (non-hydrogen) atoms. The number of benzene rings is 1. The number of fused-ring (bicyclic) bond motifs is 1. The average molecular weight is 277 g/mol. The summed E-state index contributed by atoms with van der Waals surface area (Å²) in [5.74, 6) is 0. The van der Waals surface area contributed by atoms with Gasteiger partial charge in [-0.05, 0) is 51.8 Å². The summed E-state index contributed by atoms with van der Waals surface area (Å²) in [6, 6.07) is 8.93. The van der Waals surface area contributed by atoms with E-state index in [1.54, 1.807) is 0 Å². The van der Waals surface area contributed by atoms with E-state index in [0.717, 1.165) is 12.8 Å². The van der Waals surface area contributed by atoms with Crippen LogP contribution in [0.2, 0.25) is 0 Å². The minimum absolute atomic E-state index is 0.0923. The van der Waals surface area contributed by atoms with Gasteiger partial charge >= 0.3 is 0 Å². The third kappa shape index (κ3) is 4.05. The fourth-order valence-electron chi connectivity index (χ4n) is 2.80. The van der Waals surface area contributed by atoms with Crippen molar-refractivity contribution in [3.8, 4) is 0 Å². The van der Waals surface area contributed by atoms with Gasteiger partial charge in [-0.1, -0.05) is 24.3 Å². The molecule has 3 heteroatoms. The van der Waals surface area contributed by atoms with Crippen LogP contribution < -0.4 is 5.32 Å². The molecule has 1 N–H and O–H groups in total. The maximum absolute atomic E-state index is 6.05. The summed E-state index contributed by atoms with van der Waals surface area (Å²) in [6.07, 6.45) is 2.40. The molecular weight excluding hydrogens is 250 g/mol. The normalized spacial score (nSPS) is 22.6. The van der Waals surface area contributed by atoms with Crippen molar-refractivity contribution in [3.05, 3.63) is 35.4 Å². The van der Waals surface area contributed by atoms with Gasteiger partial charge in [0.1, 0.15) is 0 Å². The summed E-state index contributed by atoms with van der Waals surface area (Å²) in [7, 11) is 2.01. The van der Waals surface area contributed by atoms with Gasteiger partial charge in [0, 0.05) is 0 Å². The van der Waals surface area contributed by atoms with Gasteiger partial charge in [-0.3, -0.25) is 0 Å². The molecule has 1 aliphatic rings. The Morgan fingerprint density at radius 1 is 1.20 bits per heavy atom. The second-order valence-corrected chi connectivity index (χ2v) is 6.37. The summed E-state index contributed by atoms with van der Waals surface area (Å²) in [5, 5.41) is 3.40. The molecule has 0 aromatic heterocycles. The zero-order valence-corrected chi connectivity index (χ0v) is 13.1. The number of likely N-dealkylation sites (N-methyl/N-ethyl adjacent to an activating group) is 1. The lowest BCUT2D eigenvalue weighted by Crippen LogP contribution is -2.37. The van der Waals surface area contributed by atoms with Crippen LogP contribution in [0.3, 0.4) is 0 Å². The van der Waals surface area contributed by atoms with Crippen LogP contribution in [0.5, 0.6) is 0 Å². The van der Waals surface area contributed by atoms with E-state index in [0.29, 0.717) is 13.2 Å². The second-order valence-electron chi connectivity index (χ2n) is 6.37. The number of hydrogen-bond acceptors (Lipinski definition) is 3. The average Bonchev–Trinajstić information content (AvgIpc) is 2.42. The smallest absolute Gasteiger partial charge is 0.0774 e. The summed E-state index contributed by atoms with van der Waals surface area (Å²) >= 11 is 0. The third-order valence-corrected chi connectivity index (χ3v) is 3.72. The van der Waals surface area contributed by atoms with Crippen LogP contribution in [0.1, 0.15) is 44.4 Å². The summed E-state index contributed by atoms with van der Waals surface area (Å²) < 4.78 is 11.8. The highest BCUT2D eigenvalue weighted by Crippen LogP contribution is 2.31. The summed E-state index contributed by atoms with van der Waals surface area (Å²) in [5.41, 5.74) is 2.73. The Morgan fingerprint density at radius 2 is 1.95 bits per heavy atom. The molecule has 2 atom stereocenters. The van der Waals surface area contributed by atoms with Gasteiger partial charge in [0.2, 0.25) is 0 Å². The minimum atomic E-state index is -0.0923. The van der Waals surface area contributed by atoms with Gasteiger partial charge in [-0.25, -0.2) is 0 Å². The molecule has 0 amide bonds. The lowest BCUT2D eigenvalue weighted by molar-refractivity contribution is -0.0611. The van der Waals surface area contributed by atoms with Crippen molar-refractivity contribution in [2.45, 2.75) is 51.4 Å². The molecule has 1 aromatic rings. The minimum Gasteiger partial charge on any atom is -0.374 e. The summed E-state index contributed by atoms with van der Waals surface area (Å²) in [6.45, 7) is 7.52. The van der Waals surface area contributed by atoms with Gasteiger partial charge in [-0.15, -0.1) is 0 Å². The first-order valence-corrected chi connectivity index (χ1v) is 7.52. The van der Waals surface area contributed by atoms with Gasteiger partial charge in [0.15, 0.2) is 0 Å². The zero-order valence-electron chi connectivity index (χ0n) is 13.1. The molecule has 0 fully saturated rings. The third-order valence-electron chi connectivity index (χ3n) is 3.72. The molecule has 2 rings (SSSR count). The van der Waals surface area contributed by atoms with E-state index in [1.807, 2.05) is 7.05 Å². The van der Waals surface area contributed by atoms with E-state index in [2.05, 4.69) is 50.4 Å². The van der Waals surface area contributed by atoms with Crippen molar-refractivity contribution in [1.82, 2.24) is 5.32 Å². The van der Waals surface area contributed by atoms with Crippen LogP contribution in [0.4, 0.5) is 0 Å². The molecule has 0 radical (unpaired) electrons. The molecule has 0 saturated carbocycles. The molecule has 1 aromatic carbocycles. The van der Waals surface area contributed by atoms with E-state index in [-0.39, 0.29) is 17.7 Å². The van der Waals surface area contributed by atoms with Crippen LogP contribution in [0, 0.1) is 0 Å². The molecular formula is C17H27NO2.